The highest BCUT2D eigenvalue weighted by Crippen LogP contribution is 2.27. The van der Waals surface area contributed by atoms with Crippen LogP contribution in [0.15, 0.2) is 30.5 Å². The SMILES string of the molecule is NC(=O)c1nn(CC(=O)N(CC(=O)NCc2cccc(Cl)c2F)C2CC2)c2ncc(C=O)cc12. The third-order valence-electron chi connectivity index (χ3n) is 5.39. The van der Waals surface area contributed by atoms with Gasteiger partial charge in [-0.3, -0.25) is 19.2 Å². The van der Waals surface area contributed by atoms with Crippen molar-refractivity contribution in [3.63, 3.8) is 0 Å². The minimum absolute atomic E-state index is 0.0443. The van der Waals surface area contributed by atoms with Crippen molar-refractivity contribution in [2.75, 3.05) is 6.54 Å². The van der Waals surface area contributed by atoms with Gasteiger partial charge in [0.2, 0.25) is 11.8 Å². The lowest BCUT2D eigenvalue weighted by molar-refractivity contribution is -0.137. The molecule has 2 heterocycles. The van der Waals surface area contributed by atoms with Crippen LogP contribution < -0.4 is 11.1 Å². The second-order valence-corrected chi connectivity index (χ2v) is 8.28. The van der Waals surface area contributed by atoms with E-state index in [1.807, 2.05) is 0 Å². The number of fused-ring (bicyclic) bond motifs is 1. The predicted molar refractivity (Wildman–Crippen MR) is 119 cm³/mol. The van der Waals surface area contributed by atoms with E-state index in [1.165, 1.54) is 34.0 Å². The van der Waals surface area contributed by atoms with E-state index in [2.05, 4.69) is 15.4 Å². The molecule has 1 aliphatic carbocycles. The number of amides is 3. The normalized spacial score (nSPS) is 13.0. The molecule has 0 saturated heterocycles. The summed E-state index contributed by atoms with van der Waals surface area (Å²) in [6, 6.07) is 5.81. The van der Waals surface area contributed by atoms with Crippen molar-refractivity contribution in [1.82, 2.24) is 25.0 Å². The van der Waals surface area contributed by atoms with Crippen LogP contribution in [0.25, 0.3) is 11.0 Å². The fraction of sp³-hybridized carbons (Fsp3) is 0.273. The zero-order chi connectivity index (χ0) is 24.4. The molecule has 2 aromatic heterocycles. The Balaban J connectivity index is 1.48. The van der Waals surface area contributed by atoms with E-state index in [-0.39, 0.29) is 58.6 Å². The molecule has 3 amide bonds. The number of rotatable bonds is 9. The van der Waals surface area contributed by atoms with Crippen molar-refractivity contribution >= 4 is 46.6 Å². The van der Waals surface area contributed by atoms with E-state index in [0.29, 0.717) is 6.29 Å². The fourth-order valence-corrected chi connectivity index (χ4v) is 3.74. The number of nitrogens with two attached hydrogens (primary N) is 1. The lowest BCUT2D eigenvalue weighted by Crippen LogP contribution is -2.43. The molecule has 1 saturated carbocycles. The van der Waals surface area contributed by atoms with E-state index in [4.69, 9.17) is 17.3 Å². The topological polar surface area (TPSA) is 140 Å². The molecule has 12 heteroatoms. The summed E-state index contributed by atoms with van der Waals surface area (Å²) in [6.07, 6.45) is 3.36. The molecule has 0 bridgehead atoms. The molecule has 1 aromatic carbocycles. The maximum absolute atomic E-state index is 14.0. The number of carbonyl (C=O) groups is 4. The highest BCUT2D eigenvalue weighted by atomic mass is 35.5. The third-order valence-corrected chi connectivity index (χ3v) is 5.68. The minimum Gasteiger partial charge on any atom is -0.364 e. The van der Waals surface area contributed by atoms with Crippen molar-refractivity contribution in [2.45, 2.75) is 32.0 Å². The van der Waals surface area contributed by atoms with Crippen LogP contribution in [0.4, 0.5) is 4.39 Å². The van der Waals surface area contributed by atoms with Crippen LogP contribution in [0.3, 0.4) is 0 Å². The Bertz CT molecular complexity index is 1310. The minimum atomic E-state index is -0.826. The molecule has 0 radical (unpaired) electrons. The monoisotopic (exact) mass is 486 g/mol. The summed E-state index contributed by atoms with van der Waals surface area (Å²) in [7, 11) is 0. The Kier molecular flexibility index (Phi) is 6.55. The Morgan fingerprint density at radius 3 is 2.76 bits per heavy atom. The predicted octanol–water partition coefficient (Wildman–Crippen LogP) is 1.44. The molecular weight excluding hydrogens is 467 g/mol. The average Bonchev–Trinajstić information content (AvgIpc) is 3.59. The van der Waals surface area contributed by atoms with Gasteiger partial charge in [0.1, 0.15) is 12.4 Å². The Labute approximate surface area is 197 Å². The largest absolute Gasteiger partial charge is 0.364 e. The molecule has 0 aliphatic heterocycles. The number of pyridine rings is 1. The number of carbonyl (C=O) groups excluding carboxylic acids is 4. The van der Waals surface area contributed by atoms with Gasteiger partial charge in [0.15, 0.2) is 17.6 Å². The first-order valence-corrected chi connectivity index (χ1v) is 10.8. The number of aldehydes is 1. The van der Waals surface area contributed by atoms with Gasteiger partial charge in [0.25, 0.3) is 5.91 Å². The van der Waals surface area contributed by atoms with Crippen LogP contribution in [0.2, 0.25) is 5.02 Å². The summed E-state index contributed by atoms with van der Waals surface area (Å²) in [4.78, 5) is 54.0. The van der Waals surface area contributed by atoms with Gasteiger partial charge < -0.3 is 16.0 Å². The number of nitrogens with one attached hydrogen (secondary N) is 1. The highest BCUT2D eigenvalue weighted by molar-refractivity contribution is 6.30. The molecule has 0 spiro atoms. The molecule has 176 valence electrons. The Hall–Kier alpha value is -3.86. The van der Waals surface area contributed by atoms with Crippen molar-refractivity contribution in [3.8, 4) is 0 Å². The van der Waals surface area contributed by atoms with Crippen molar-refractivity contribution < 1.29 is 23.6 Å². The van der Waals surface area contributed by atoms with Gasteiger partial charge in [-0.2, -0.15) is 5.10 Å². The number of aromatic nitrogens is 3. The molecule has 4 rings (SSSR count). The number of hydrogen-bond acceptors (Lipinski definition) is 6. The lowest BCUT2D eigenvalue weighted by Gasteiger charge is -2.22. The molecule has 10 nitrogen and oxygen atoms in total. The quantitative estimate of drug-likeness (QED) is 0.438. The van der Waals surface area contributed by atoms with Gasteiger partial charge in [-0.05, 0) is 25.0 Å². The van der Waals surface area contributed by atoms with Crippen LogP contribution in [-0.2, 0) is 22.7 Å². The van der Waals surface area contributed by atoms with Crippen molar-refractivity contribution in [1.29, 1.82) is 0 Å². The number of hydrogen-bond donors (Lipinski definition) is 2. The molecule has 1 aliphatic rings. The summed E-state index contributed by atoms with van der Waals surface area (Å²) in [5, 5.41) is 6.91. The lowest BCUT2D eigenvalue weighted by atomic mass is 10.2. The standard InChI is InChI=1S/C22H20ClFN6O4/c23-16-3-1-2-13(19(16)24)8-26-17(32)9-29(14-4-5-14)18(33)10-30-22-15(20(28-30)21(25)34)6-12(11-31)7-27-22/h1-3,6-7,11,14H,4-5,8-10H2,(H2,25,34)(H,26,32). The van der Waals surface area contributed by atoms with Crippen molar-refractivity contribution in [3.05, 3.63) is 58.1 Å². The summed E-state index contributed by atoms with van der Waals surface area (Å²) >= 11 is 5.76. The van der Waals surface area contributed by atoms with Gasteiger partial charge in [-0.25, -0.2) is 14.1 Å². The van der Waals surface area contributed by atoms with E-state index >= 15 is 0 Å². The van der Waals surface area contributed by atoms with Gasteiger partial charge in [0.05, 0.1) is 17.0 Å². The third kappa shape index (κ3) is 4.88. The highest BCUT2D eigenvalue weighted by Gasteiger charge is 2.34. The van der Waals surface area contributed by atoms with Gasteiger partial charge >= 0.3 is 0 Å². The first kappa shape index (κ1) is 23.3. The first-order chi connectivity index (χ1) is 16.3. The molecular formula is C22H20ClFN6O4. The van der Waals surface area contributed by atoms with Crippen LogP contribution in [0, 0.1) is 5.82 Å². The summed E-state index contributed by atoms with van der Waals surface area (Å²) < 4.78 is 15.3. The zero-order valence-corrected chi connectivity index (χ0v) is 18.6. The van der Waals surface area contributed by atoms with E-state index in [0.717, 1.165) is 12.8 Å². The molecule has 0 atom stereocenters. The molecule has 3 N–H and O–H groups in total. The summed E-state index contributed by atoms with van der Waals surface area (Å²) in [5.74, 6) is -2.31. The van der Waals surface area contributed by atoms with Crippen LogP contribution in [0.5, 0.6) is 0 Å². The number of primary amides is 1. The maximum atomic E-state index is 14.0. The molecule has 3 aromatic rings. The molecule has 1 fully saturated rings. The van der Waals surface area contributed by atoms with Gasteiger partial charge in [-0.1, -0.05) is 23.7 Å². The van der Waals surface area contributed by atoms with Gasteiger partial charge in [-0.15, -0.1) is 0 Å². The zero-order valence-electron chi connectivity index (χ0n) is 17.8. The number of benzene rings is 1. The molecule has 34 heavy (non-hydrogen) atoms. The Morgan fingerprint density at radius 1 is 1.32 bits per heavy atom. The average molecular weight is 487 g/mol. The summed E-state index contributed by atoms with van der Waals surface area (Å²) in [6.45, 7) is -0.590. The smallest absolute Gasteiger partial charge is 0.269 e. The van der Waals surface area contributed by atoms with Crippen LogP contribution in [0.1, 0.15) is 39.3 Å². The van der Waals surface area contributed by atoms with Crippen LogP contribution in [-0.4, -0.2) is 56.3 Å². The number of halogens is 2. The second kappa shape index (κ2) is 9.56. The van der Waals surface area contributed by atoms with Gasteiger partial charge in [0, 0.05) is 29.9 Å². The second-order valence-electron chi connectivity index (χ2n) is 7.87. The first-order valence-electron chi connectivity index (χ1n) is 10.4. The molecule has 0 unspecified atom stereocenters. The van der Waals surface area contributed by atoms with Crippen molar-refractivity contribution in [2.24, 2.45) is 5.73 Å². The maximum Gasteiger partial charge on any atom is 0.269 e. The van der Waals surface area contributed by atoms with E-state index in [1.54, 1.807) is 6.07 Å². The fourth-order valence-electron chi connectivity index (χ4n) is 3.55. The van der Waals surface area contributed by atoms with E-state index in [9.17, 15) is 23.6 Å². The van der Waals surface area contributed by atoms with E-state index < -0.39 is 23.5 Å². The Morgan fingerprint density at radius 2 is 2.09 bits per heavy atom. The van der Waals surface area contributed by atoms with Crippen LogP contribution >= 0.6 is 11.6 Å². The summed E-state index contributed by atoms with van der Waals surface area (Å²) in [5.41, 5.74) is 5.95. The number of nitrogens with zero attached hydrogens (tertiary/aromatic N) is 4.